The molecule has 0 heterocycles. The fourth-order valence-corrected chi connectivity index (χ4v) is 5.59. The van der Waals surface area contributed by atoms with Crippen molar-refractivity contribution in [1.82, 2.24) is 4.72 Å². The zero-order chi connectivity index (χ0) is 15.9. The van der Waals surface area contributed by atoms with Crippen LogP contribution in [0, 0.1) is 29.1 Å². The van der Waals surface area contributed by atoms with E-state index in [9.17, 15) is 13.5 Å². The summed E-state index contributed by atoms with van der Waals surface area (Å²) in [4.78, 5) is -0.0566. The third-order valence-corrected chi connectivity index (χ3v) is 6.69. The van der Waals surface area contributed by atoms with Crippen LogP contribution in [0.2, 0.25) is 5.02 Å². The molecule has 0 spiro atoms. The van der Waals surface area contributed by atoms with Gasteiger partial charge in [0.05, 0.1) is 10.5 Å². The van der Waals surface area contributed by atoms with E-state index in [-0.39, 0.29) is 34.9 Å². The van der Waals surface area contributed by atoms with Crippen LogP contribution in [0.15, 0.2) is 23.1 Å². The lowest BCUT2D eigenvalue weighted by Crippen LogP contribution is -2.45. The fourth-order valence-electron chi connectivity index (χ4n) is 3.92. The number of fused-ring (bicyclic) bond motifs is 2. The first-order valence-corrected chi connectivity index (χ1v) is 9.15. The maximum atomic E-state index is 12.6. The lowest BCUT2D eigenvalue weighted by atomic mass is 9.86. The van der Waals surface area contributed by atoms with Gasteiger partial charge in [-0.3, -0.25) is 0 Å². The van der Waals surface area contributed by atoms with Gasteiger partial charge in [-0.2, -0.15) is 5.26 Å². The largest absolute Gasteiger partial charge is 0.396 e. The monoisotopic (exact) mass is 340 g/mol. The maximum Gasteiger partial charge on any atom is 0.242 e. The van der Waals surface area contributed by atoms with Crippen LogP contribution in [0.25, 0.3) is 0 Å². The van der Waals surface area contributed by atoms with Crippen molar-refractivity contribution in [2.45, 2.75) is 30.2 Å². The second-order valence-electron chi connectivity index (χ2n) is 6.08. The summed E-state index contributed by atoms with van der Waals surface area (Å²) in [5, 5.41) is 19.0. The maximum absolute atomic E-state index is 12.6. The normalized spacial score (nSPS) is 30.4. The molecular formula is C15H17ClN2O3S. The van der Waals surface area contributed by atoms with Crippen LogP contribution in [0.3, 0.4) is 0 Å². The van der Waals surface area contributed by atoms with E-state index in [1.807, 2.05) is 6.07 Å². The predicted molar refractivity (Wildman–Crippen MR) is 81.7 cm³/mol. The summed E-state index contributed by atoms with van der Waals surface area (Å²) >= 11 is 5.81. The molecule has 0 aromatic heterocycles. The summed E-state index contributed by atoms with van der Waals surface area (Å²) in [6.45, 7) is -0.0138. The van der Waals surface area contributed by atoms with Crippen molar-refractivity contribution in [3.8, 4) is 6.07 Å². The van der Waals surface area contributed by atoms with Gasteiger partial charge in [-0.1, -0.05) is 11.6 Å². The van der Waals surface area contributed by atoms with E-state index in [0.717, 1.165) is 19.3 Å². The standard InChI is InChI=1S/C15H17ClN2O3S/c16-12-3-4-14(11(6-12)7-17)22(20,21)18-15-10-2-1-9(5-10)13(15)8-19/h3-4,6,9-10,13,15,18-19H,1-2,5,8H2. The van der Waals surface area contributed by atoms with Crippen LogP contribution in [0.4, 0.5) is 0 Å². The van der Waals surface area contributed by atoms with Crippen molar-refractivity contribution in [1.29, 1.82) is 5.26 Å². The summed E-state index contributed by atoms with van der Waals surface area (Å²) in [6.07, 6.45) is 3.00. The SMILES string of the molecule is N#Cc1cc(Cl)ccc1S(=O)(=O)NC1C2CCC(C2)C1CO. The van der Waals surface area contributed by atoms with E-state index >= 15 is 0 Å². The molecule has 0 radical (unpaired) electrons. The summed E-state index contributed by atoms with van der Waals surface area (Å²) in [6, 6.07) is 5.78. The summed E-state index contributed by atoms with van der Waals surface area (Å²) in [5.41, 5.74) is 0.0312. The molecule has 118 valence electrons. The quantitative estimate of drug-likeness (QED) is 0.875. The van der Waals surface area contributed by atoms with Gasteiger partial charge in [0, 0.05) is 23.6 Å². The van der Waals surface area contributed by atoms with Crippen LogP contribution in [-0.2, 0) is 10.0 Å². The molecule has 3 rings (SSSR count). The third kappa shape index (κ3) is 2.63. The molecule has 2 aliphatic carbocycles. The molecule has 2 fully saturated rings. The number of nitrogens with zero attached hydrogens (tertiary/aromatic N) is 1. The summed E-state index contributed by atoms with van der Waals surface area (Å²) in [5.74, 6) is 0.629. The van der Waals surface area contributed by atoms with Crippen LogP contribution >= 0.6 is 11.6 Å². The summed E-state index contributed by atoms with van der Waals surface area (Å²) < 4.78 is 28.0. The molecule has 2 saturated carbocycles. The van der Waals surface area contributed by atoms with Crippen LogP contribution in [-0.4, -0.2) is 26.2 Å². The van der Waals surface area contributed by atoms with Gasteiger partial charge in [-0.25, -0.2) is 13.1 Å². The molecule has 4 atom stereocenters. The number of rotatable bonds is 4. The van der Waals surface area contributed by atoms with E-state index < -0.39 is 10.0 Å². The number of hydrogen-bond acceptors (Lipinski definition) is 4. The number of aliphatic hydroxyl groups is 1. The highest BCUT2D eigenvalue weighted by molar-refractivity contribution is 7.89. The number of nitriles is 1. The number of nitrogens with one attached hydrogen (secondary N) is 1. The Hall–Kier alpha value is -1.13. The molecule has 7 heteroatoms. The molecule has 2 aliphatic rings. The first kappa shape index (κ1) is 15.8. The zero-order valence-corrected chi connectivity index (χ0v) is 13.4. The smallest absolute Gasteiger partial charge is 0.242 e. The van der Waals surface area contributed by atoms with Crippen molar-refractivity contribution >= 4 is 21.6 Å². The van der Waals surface area contributed by atoms with E-state index in [1.54, 1.807) is 0 Å². The Bertz CT molecular complexity index is 729. The highest BCUT2D eigenvalue weighted by Gasteiger charge is 2.48. The molecule has 0 amide bonds. The highest BCUT2D eigenvalue weighted by Crippen LogP contribution is 2.48. The Balaban J connectivity index is 1.90. The van der Waals surface area contributed by atoms with E-state index in [1.165, 1.54) is 18.2 Å². The minimum atomic E-state index is -3.81. The fraction of sp³-hybridized carbons (Fsp3) is 0.533. The lowest BCUT2D eigenvalue weighted by Gasteiger charge is -2.30. The Labute approximate surface area is 135 Å². The number of hydrogen-bond donors (Lipinski definition) is 2. The average molecular weight is 341 g/mol. The van der Waals surface area contributed by atoms with Gasteiger partial charge in [0.25, 0.3) is 0 Å². The molecule has 1 aromatic rings. The second kappa shape index (κ2) is 5.82. The number of benzene rings is 1. The molecule has 5 nitrogen and oxygen atoms in total. The molecule has 4 unspecified atom stereocenters. The van der Waals surface area contributed by atoms with E-state index in [0.29, 0.717) is 10.9 Å². The number of halogens is 1. The Morgan fingerprint density at radius 1 is 1.36 bits per heavy atom. The van der Waals surface area contributed by atoms with Gasteiger partial charge in [0.15, 0.2) is 0 Å². The van der Waals surface area contributed by atoms with E-state index in [2.05, 4.69) is 4.72 Å². The van der Waals surface area contributed by atoms with Crippen molar-refractivity contribution in [2.24, 2.45) is 17.8 Å². The molecule has 0 saturated heterocycles. The third-order valence-electron chi connectivity index (χ3n) is 4.94. The first-order valence-electron chi connectivity index (χ1n) is 7.29. The van der Waals surface area contributed by atoms with Crippen molar-refractivity contribution < 1.29 is 13.5 Å². The Morgan fingerprint density at radius 2 is 2.09 bits per heavy atom. The Morgan fingerprint density at radius 3 is 2.77 bits per heavy atom. The lowest BCUT2D eigenvalue weighted by molar-refractivity contribution is 0.153. The zero-order valence-electron chi connectivity index (χ0n) is 11.9. The van der Waals surface area contributed by atoms with Gasteiger partial charge in [-0.05, 0) is 49.3 Å². The molecule has 0 aliphatic heterocycles. The van der Waals surface area contributed by atoms with Gasteiger partial charge < -0.3 is 5.11 Å². The van der Waals surface area contributed by atoms with Crippen LogP contribution < -0.4 is 4.72 Å². The van der Waals surface area contributed by atoms with Crippen molar-refractivity contribution in [3.05, 3.63) is 28.8 Å². The van der Waals surface area contributed by atoms with Crippen LogP contribution in [0.5, 0.6) is 0 Å². The van der Waals surface area contributed by atoms with E-state index in [4.69, 9.17) is 16.9 Å². The topological polar surface area (TPSA) is 90.2 Å². The van der Waals surface area contributed by atoms with Gasteiger partial charge in [-0.15, -0.1) is 0 Å². The molecular weight excluding hydrogens is 324 g/mol. The highest BCUT2D eigenvalue weighted by atomic mass is 35.5. The molecule has 2 bridgehead atoms. The minimum Gasteiger partial charge on any atom is -0.396 e. The number of sulfonamides is 1. The van der Waals surface area contributed by atoms with Gasteiger partial charge in [0.2, 0.25) is 10.0 Å². The minimum absolute atomic E-state index is 0.0138. The van der Waals surface area contributed by atoms with Crippen molar-refractivity contribution in [2.75, 3.05) is 6.61 Å². The van der Waals surface area contributed by atoms with Crippen LogP contribution in [0.1, 0.15) is 24.8 Å². The van der Waals surface area contributed by atoms with Gasteiger partial charge in [0.1, 0.15) is 6.07 Å². The second-order valence-corrected chi connectivity index (χ2v) is 8.20. The molecule has 1 aromatic carbocycles. The van der Waals surface area contributed by atoms with Gasteiger partial charge >= 0.3 is 0 Å². The molecule has 22 heavy (non-hydrogen) atoms. The first-order chi connectivity index (χ1) is 10.5. The molecule has 2 N–H and O–H groups in total. The average Bonchev–Trinajstić information content (AvgIpc) is 3.07. The van der Waals surface area contributed by atoms with Crippen molar-refractivity contribution in [3.63, 3.8) is 0 Å². The Kier molecular flexibility index (Phi) is 4.17. The predicted octanol–water partition coefficient (Wildman–Crippen LogP) is 1.90. The number of aliphatic hydroxyl groups excluding tert-OH is 1. The summed E-state index contributed by atoms with van der Waals surface area (Å²) in [7, 11) is -3.81.